The molecule has 4 rings (SSSR count). The summed E-state index contributed by atoms with van der Waals surface area (Å²) >= 11 is 0. The Labute approximate surface area is 237 Å². The fourth-order valence-corrected chi connectivity index (χ4v) is 7.89. The molecule has 2 bridgehead atoms. The van der Waals surface area contributed by atoms with Crippen molar-refractivity contribution in [1.82, 2.24) is 0 Å². The van der Waals surface area contributed by atoms with Gasteiger partial charge in [-0.25, -0.2) is 0 Å². The quantitative estimate of drug-likeness (QED) is 0.231. The van der Waals surface area contributed by atoms with Gasteiger partial charge in [-0.1, -0.05) is 26.3 Å². The molecule has 2 saturated carbocycles. The molecule has 9 heteroatoms. The molecule has 0 aromatic rings. The number of rotatable bonds is 3. The minimum absolute atomic E-state index is 0. The molecule has 7 N–H and O–H groups in total. The predicted molar refractivity (Wildman–Crippen MR) is 121 cm³/mol. The Morgan fingerprint density at radius 2 is 1.79 bits per heavy atom. The average Bonchev–Trinajstić information content (AvgIpc) is 2.72. The fraction of sp³-hybridized carbons (Fsp3) is 0.880. The van der Waals surface area contributed by atoms with E-state index in [0.717, 1.165) is 5.57 Å². The van der Waals surface area contributed by atoms with Crippen LogP contribution >= 0.6 is 0 Å². The molecule has 0 spiro atoms. The van der Waals surface area contributed by atoms with Crippen molar-refractivity contribution in [3.63, 3.8) is 0 Å². The third-order valence-electron chi connectivity index (χ3n) is 10.2. The zero-order valence-electron chi connectivity index (χ0n) is 21.2. The molecule has 3 fully saturated rings. The number of carbonyl (C=O) groups is 1. The Morgan fingerprint density at radius 3 is 2.29 bits per heavy atom. The average molecular weight is 695 g/mol. The number of allylic oxidation sites excluding steroid dienone is 1. The minimum Gasteiger partial charge on any atom is -0.392 e. The Hall–Kier alpha value is 0.572. The van der Waals surface area contributed by atoms with Gasteiger partial charge in [0.25, 0.3) is 0 Å². The van der Waals surface area contributed by atoms with Crippen LogP contribution in [0.3, 0.4) is 0 Å². The molecule has 8 nitrogen and oxygen atoms in total. The monoisotopic (exact) mass is 694 g/mol. The first-order chi connectivity index (χ1) is 15.0. The fourth-order valence-electron chi connectivity index (χ4n) is 7.89. The first kappa shape index (κ1) is 29.1. The van der Waals surface area contributed by atoms with Crippen LogP contribution in [0.15, 0.2) is 11.1 Å². The summed E-state index contributed by atoms with van der Waals surface area (Å²) in [5.41, 5.74) is 1.87. The van der Waals surface area contributed by atoms with E-state index < -0.39 is 70.1 Å². The van der Waals surface area contributed by atoms with E-state index in [4.69, 9.17) is 10.5 Å². The van der Waals surface area contributed by atoms with Crippen molar-refractivity contribution in [2.75, 3.05) is 6.61 Å². The summed E-state index contributed by atoms with van der Waals surface area (Å²) in [6.07, 6.45) is -3.43. The normalized spacial score (nSPS) is 49.5. The van der Waals surface area contributed by atoms with Crippen LogP contribution in [-0.2, 0) is 9.53 Å². The van der Waals surface area contributed by atoms with Crippen LogP contribution in [0, 0.1) is 72.6 Å². The van der Waals surface area contributed by atoms with Crippen LogP contribution in [0.25, 0.3) is 0 Å². The second-order valence-corrected chi connectivity index (χ2v) is 12.1. The Bertz CT molecular complexity index is 877. The summed E-state index contributed by atoms with van der Waals surface area (Å²) in [4.78, 5) is 14.0. The molecule has 0 amide bonds. The largest absolute Gasteiger partial charge is 0.392 e. The molecule has 1 aliphatic heterocycles. The predicted octanol–water partition coefficient (Wildman–Crippen LogP) is 0.275. The summed E-state index contributed by atoms with van der Waals surface area (Å²) in [6.45, 7) is 10.7. The van der Waals surface area contributed by atoms with Gasteiger partial charge in [-0.15, -0.1) is 0 Å². The van der Waals surface area contributed by atoms with E-state index in [1.165, 1.54) is 0 Å². The summed E-state index contributed by atoms with van der Waals surface area (Å²) < 4.78 is 5.57. The van der Waals surface area contributed by atoms with Crippen molar-refractivity contribution in [3.8, 4) is 0 Å². The van der Waals surface area contributed by atoms with E-state index in [1.807, 2.05) is 27.7 Å². The van der Waals surface area contributed by atoms with Crippen molar-refractivity contribution in [2.45, 2.75) is 102 Å². The third-order valence-corrected chi connectivity index (χ3v) is 10.2. The number of ketones is 1. The van der Waals surface area contributed by atoms with E-state index in [1.54, 1.807) is 13.8 Å². The van der Waals surface area contributed by atoms with Crippen LogP contribution in [0.2, 0.25) is 0 Å². The zero-order chi connectivity index (χ0) is 24.9. The summed E-state index contributed by atoms with van der Waals surface area (Å²) in [7, 11) is 0. The third kappa shape index (κ3) is 3.63. The molecule has 4 aliphatic rings. The number of aliphatic hydroxyl groups is 5. The number of carbonyl (C=O) groups excluding carboxylic acids is 1. The van der Waals surface area contributed by atoms with Crippen molar-refractivity contribution in [1.29, 1.82) is 0 Å². The number of nitrogens with two attached hydrogens (primary N) is 1. The van der Waals surface area contributed by atoms with E-state index in [-0.39, 0.29) is 69.4 Å². The van der Waals surface area contributed by atoms with Gasteiger partial charge in [0.15, 0.2) is 5.78 Å². The molecule has 9 unspecified atom stereocenters. The number of hydrogen-bond donors (Lipinski definition) is 6. The number of fused-ring (bicyclic) bond motifs is 5. The van der Waals surface area contributed by atoms with Gasteiger partial charge < -0.3 is 36.0 Å². The van der Waals surface area contributed by atoms with Gasteiger partial charge in [-0.05, 0) is 51.0 Å². The van der Waals surface area contributed by atoms with Crippen molar-refractivity contribution in [2.24, 2.45) is 34.3 Å². The van der Waals surface area contributed by atoms with Gasteiger partial charge in [0.05, 0.1) is 35.9 Å². The van der Waals surface area contributed by atoms with Crippen LogP contribution in [0.4, 0.5) is 0 Å². The Balaban J connectivity index is 0.00000324. The number of aliphatic hydroxyl groups excluding tert-OH is 3. The topological polar surface area (TPSA) is 153 Å². The van der Waals surface area contributed by atoms with Gasteiger partial charge in [0.1, 0.15) is 11.7 Å². The molecule has 1 saturated heterocycles. The molecule has 11 atom stereocenters. The van der Waals surface area contributed by atoms with Crippen LogP contribution < -0.4 is 5.73 Å². The summed E-state index contributed by atoms with van der Waals surface area (Å²) in [6, 6.07) is -0.466. The molecule has 1 radical (unpaired) electrons. The van der Waals surface area contributed by atoms with Gasteiger partial charge in [-0.3, -0.25) is 4.79 Å². The maximum atomic E-state index is 14.0. The smallest absolute Gasteiger partial charge is 0.174 e. The van der Waals surface area contributed by atoms with E-state index in [0.29, 0.717) is 12.0 Å². The first-order valence-electron chi connectivity index (χ1n) is 12.2. The maximum Gasteiger partial charge on any atom is 0.174 e. The van der Waals surface area contributed by atoms with Crippen LogP contribution in [0.1, 0.15) is 60.8 Å². The molecular weight excluding hydrogens is 653 g/mol. The minimum atomic E-state index is -1.54. The molecule has 0 aromatic heterocycles. The molecule has 0 aromatic carbocycles. The second-order valence-electron chi connectivity index (χ2n) is 12.1. The van der Waals surface area contributed by atoms with Crippen LogP contribution in [0.5, 0.6) is 0 Å². The number of ether oxygens (including phenoxy) is 1. The Morgan fingerprint density at radius 1 is 1.21 bits per heavy atom. The zero-order valence-corrected chi connectivity index (χ0v) is 25.9. The number of Topliss-reactive ketones (excluding diaryl/α,β-unsaturated/α-hetero) is 1. The van der Waals surface area contributed by atoms with Crippen LogP contribution in [-0.4, -0.2) is 79.6 Å². The summed E-state index contributed by atoms with van der Waals surface area (Å²) in [5.74, 6) is -2.27. The molecular formula is C25H41AcNO7. The molecule has 191 valence electrons. The van der Waals surface area contributed by atoms with Gasteiger partial charge in [-0.2, -0.15) is 0 Å². The SMILES string of the molecule is CC1=C2C(O)C(=O)[C@]3(C)C(O)CC4OCC4(O)C3C(C)C(O)(C[C@@H]1CC(O)C(C)N)C2(C)C.[Ac]. The van der Waals surface area contributed by atoms with Gasteiger partial charge >= 0.3 is 0 Å². The molecule has 34 heavy (non-hydrogen) atoms. The van der Waals surface area contributed by atoms with Gasteiger partial charge in [0.2, 0.25) is 0 Å². The van der Waals surface area contributed by atoms with Crippen molar-refractivity contribution in [3.05, 3.63) is 11.1 Å². The first-order valence-corrected chi connectivity index (χ1v) is 12.2. The summed E-state index contributed by atoms with van der Waals surface area (Å²) in [5, 5.41) is 57.3. The van der Waals surface area contributed by atoms with E-state index in [9.17, 15) is 30.3 Å². The second kappa shape index (κ2) is 9.10. The maximum absolute atomic E-state index is 14.0. The van der Waals surface area contributed by atoms with E-state index >= 15 is 0 Å². The molecule has 1 heterocycles. The molecule has 3 aliphatic carbocycles. The van der Waals surface area contributed by atoms with E-state index in [2.05, 4.69) is 0 Å². The van der Waals surface area contributed by atoms with Crippen molar-refractivity contribution < 1.29 is 79.1 Å². The number of hydrogen-bond acceptors (Lipinski definition) is 8. The Kier molecular flexibility index (Phi) is 7.79. The van der Waals surface area contributed by atoms with Crippen molar-refractivity contribution >= 4 is 5.78 Å². The standard InChI is InChI=1S/C25H41NO7.Ac/c1-11-14(7-15(27)13(3)26)9-25(32)12(2)20-23(6,16(28)8-17-24(20,31)10-33-17)21(30)19(29)18(11)22(25,4)5;/h12-17,19-20,27-29,31-32H,7-10,26H2,1-6H3;/t12?,13?,14-,15?,16?,17?,19?,20?,23+,24?,25?;/m0./s1. The van der Waals surface area contributed by atoms with Gasteiger partial charge in [0, 0.05) is 67.9 Å².